The molecule has 0 radical (unpaired) electrons. The fourth-order valence-electron chi connectivity index (χ4n) is 2.96. The van der Waals surface area contributed by atoms with Crippen LogP contribution in [0.1, 0.15) is 28.9 Å². The van der Waals surface area contributed by atoms with Crippen molar-refractivity contribution >= 4 is 23.5 Å². The second-order valence-electron chi connectivity index (χ2n) is 5.94. The van der Waals surface area contributed by atoms with Gasteiger partial charge in [-0.15, -0.1) is 0 Å². The maximum absolute atomic E-state index is 12.7. The van der Waals surface area contributed by atoms with Gasteiger partial charge >= 0.3 is 5.97 Å². The number of hydrogen-bond acceptors (Lipinski definition) is 3. The van der Waals surface area contributed by atoms with Crippen LogP contribution in [0.25, 0.3) is 5.69 Å². The van der Waals surface area contributed by atoms with Gasteiger partial charge in [-0.3, -0.25) is 9.59 Å². The van der Waals surface area contributed by atoms with E-state index in [4.69, 9.17) is 16.7 Å². The number of piperidine rings is 1. The van der Waals surface area contributed by atoms with Crippen molar-refractivity contribution in [2.24, 2.45) is 5.92 Å². The summed E-state index contributed by atoms with van der Waals surface area (Å²) in [7, 11) is 0. The van der Waals surface area contributed by atoms with E-state index in [9.17, 15) is 9.59 Å². The lowest BCUT2D eigenvalue weighted by atomic mass is 9.96. The first-order valence-corrected chi connectivity index (χ1v) is 8.18. The molecule has 0 spiro atoms. The molecule has 0 atom stereocenters. The van der Waals surface area contributed by atoms with Crippen LogP contribution in [0.15, 0.2) is 30.5 Å². The molecule has 1 fully saturated rings. The predicted octanol–water partition coefficient (Wildman–Crippen LogP) is 2.77. The lowest BCUT2D eigenvalue weighted by molar-refractivity contribution is -0.143. The highest BCUT2D eigenvalue weighted by molar-refractivity contribution is 6.30. The van der Waals surface area contributed by atoms with Crippen LogP contribution in [0.2, 0.25) is 5.02 Å². The number of nitrogens with zero attached hydrogens (tertiary/aromatic N) is 3. The van der Waals surface area contributed by atoms with Crippen molar-refractivity contribution in [3.63, 3.8) is 0 Å². The number of hydrogen-bond donors (Lipinski definition) is 1. The molecule has 2 heterocycles. The minimum Gasteiger partial charge on any atom is -0.481 e. The van der Waals surface area contributed by atoms with E-state index >= 15 is 0 Å². The molecule has 2 aromatic rings. The third-order valence-electron chi connectivity index (χ3n) is 4.44. The Morgan fingerprint density at radius 3 is 2.42 bits per heavy atom. The van der Waals surface area contributed by atoms with Gasteiger partial charge in [-0.1, -0.05) is 11.6 Å². The van der Waals surface area contributed by atoms with Gasteiger partial charge in [0.2, 0.25) is 0 Å². The van der Waals surface area contributed by atoms with E-state index < -0.39 is 5.97 Å². The highest BCUT2D eigenvalue weighted by Gasteiger charge is 2.29. The molecule has 126 valence electrons. The molecule has 0 saturated carbocycles. The van der Waals surface area contributed by atoms with Gasteiger partial charge in [-0.25, -0.2) is 4.68 Å². The molecule has 1 N–H and O–H groups in total. The average molecular weight is 348 g/mol. The van der Waals surface area contributed by atoms with Crippen LogP contribution in [0, 0.1) is 12.8 Å². The fourth-order valence-corrected chi connectivity index (χ4v) is 3.09. The molecule has 6 nitrogen and oxygen atoms in total. The number of rotatable bonds is 3. The first-order valence-electron chi connectivity index (χ1n) is 7.80. The van der Waals surface area contributed by atoms with Gasteiger partial charge in [-0.05, 0) is 44.0 Å². The highest BCUT2D eigenvalue weighted by atomic mass is 35.5. The summed E-state index contributed by atoms with van der Waals surface area (Å²) in [6, 6.07) is 7.23. The molecule has 1 saturated heterocycles. The minimum atomic E-state index is -0.783. The number of carboxylic acid groups (broad SMARTS) is 1. The summed E-state index contributed by atoms with van der Waals surface area (Å²) < 4.78 is 1.70. The van der Waals surface area contributed by atoms with Gasteiger partial charge < -0.3 is 10.0 Å². The minimum absolute atomic E-state index is 0.100. The third-order valence-corrected chi connectivity index (χ3v) is 4.69. The summed E-state index contributed by atoms with van der Waals surface area (Å²) in [4.78, 5) is 25.4. The number of carbonyl (C=O) groups excluding carboxylic acids is 1. The average Bonchev–Trinajstić information content (AvgIpc) is 2.96. The van der Waals surface area contributed by atoms with Crippen LogP contribution in [0.4, 0.5) is 0 Å². The molecule has 1 aromatic heterocycles. The number of carboxylic acids is 1. The highest BCUT2D eigenvalue weighted by Crippen LogP contribution is 2.22. The number of amides is 1. The van der Waals surface area contributed by atoms with Crippen LogP contribution < -0.4 is 0 Å². The van der Waals surface area contributed by atoms with E-state index in [1.807, 2.05) is 19.1 Å². The van der Waals surface area contributed by atoms with Crippen LogP contribution in [0.3, 0.4) is 0 Å². The van der Waals surface area contributed by atoms with E-state index in [1.165, 1.54) is 0 Å². The van der Waals surface area contributed by atoms with Gasteiger partial charge in [-0.2, -0.15) is 5.10 Å². The topological polar surface area (TPSA) is 75.4 Å². The number of halogens is 1. The summed E-state index contributed by atoms with van der Waals surface area (Å²) >= 11 is 5.90. The van der Waals surface area contributed by atoms with Crippen molar-refractivity contribution in [3.05, 3.63) is 46.7 Å². The maximum Gasteiger partial charge on any atom is 0.306 e. The molecule has 1 aromatic carbocycles. The van der Waals surface area contributed by atoms with Crippen LogP contribution in [-0.2, 0) is 4.79 Å². The zero-order chi connectivity index (χ0) is 17.3. The van der Waals surface area contributed by atoms with Crippen molar-refractivity contribution in [3.8, 4) is 5.69 Å². The molecule has 1 aliphatic heterocycles. The molecule has 1 aliphatic rings. The zero-order valence-electron chi connectivity index (χ0n) is 13.3. The predicted molar refractivity (Wildman–Crippen MR) is 89.6 cm³/mol. The molecule has 0 aliphatic carbocycles. The van der Waals surface area contributed by atoms with Gasteiger partial charge in [0.1, 0.15) is 0 Å². The zero-order valence-corrected chi connectivity index (χ0v) is 14.0. The number of likely N-dealkylation sites (tertiary alicyclic amines) is 1. The number of aliphatic carboxylic acids is 1. The summed E-state index contributed by atoms with van der Waals surface area (Å²) in [5.41, 5.74) is 2.13. The Balaban J connectivity index is 1.77. The molecule has 7 heteroatoms. The molecule has 0 bridgehead atoms. The number of carbonyl (C=O) groups is 2. The standard InChI is InChI=1S/C17H18ClN3O3/c1-11-15(10-19-21(11)14-4-2-13(18)3-5-14)16(22)20-8-6-12(7-9-20)17(23)24/h2-5,10,12H,6-9H2,1H3,(H,23,24). The first kappa shape index (κ1) is 16.5. The number of aromatic nitrogens is 2. The van der Waals surface area contributed by atoms with E-state index in [2.05, 4.69) is 5.10 Å². The lowest BCUT2D eigenvalue weighted by Gasteiger charge is -2.30. The van der Waals surface area contributed by atoms with Crippen molar-refractivity contribution in [1.82, 2.24) is 14.7 Å². The van der Waals surface area contributed by atoms with Gasteiger partial charge in [0.05, 0.1) is 29.1 Å². The molecule has 3 rings (SSSR count). The Morgan fingerprint density at radius 2 is 1.83 bits per heavy atom. The molecule has 1 amide bonds. The van der Waals surface area contributed by atoms with Gasteiger partial charge in [0.15, 0.2) is 0 Å². The first-order chi connectivity index (χ1) is 11.5. The molecule has 0 unspecified atom stereocenters. The van der Waals surface area contributed by atoms with E-state index in [-0.39, 0.29) is 11.8 Å². The Kier molecular flexibility index (Phi) is 4.57. The van der Waals surface area contributed by atoms with Gasteiger partial charge in [0, 0.05) is 18.1 Å². The van der Waals surface area contributed by atoms with Crippen molar-refractivity contribution in [1.29, 1.82) is 0 Å². The van der Waals surface area contributed by atoms with Crippen LogP contribution >= 0.6 is 11.6 Å². The Hall–Kier alpha value is -2.34. The Morgan fingerprint density at radius 1 is 1.21 bits per heavy atom. The largest absolute Gasteiger partial charge is 0.481 e. The second kappa shape index (κ2) is 6.65. The smallest absolute Gasteiger partial charge is 0.306 e. The third kappa shape index (κ3) is 3.14. The normalized spacial score (nSPS) is 15.5. The van der Waals surface area contributed by atoms with Crippen molar-refractivity contribution in [2.45, 2.75) is 19.8 Å². The molecular formula is C17H18ClN3O3. The molecule has 24 heavy (non-hydrogen) atoms. The van der Waals surface area contributed by atoms with Gasteiger partial charge in [0.25, 0.3) is 5.91 Å². The second-order valence-corrected chi connectivity index (χ2v) is 6.37. The fraction of sp³-hybridized carbons (Fsp3) is 0.353. The van der Waals surface area contributed by atoms with Crippen LogP contribution in [0.5, 0.6) is 0 Å². The Labute approximate surface area is 144 Å². The quantitative estimate of drug-likeness (QED) is 0.926. The summed E-state index contributed by atoms with van der Waals surface area (Å²) in [5.74, 6) is -1.24. The summed E-state index contributed by atoms with van der Waals surface area (Å²) in [6.07, 6.45) is 2.55. The number of benzene rings is 1. The molecular weight excluding hydrogens is 330 g/mol. The van der Waals surface area contributed by atoms with Crippen molar-refractivity contribution in [2.75, 3.05) is 13.1 Å². The maximum atomic E-state index is 12.7. The van der Waals surface area contributed by atoms with Crippen molar-refractivity contribution < 1.29 is 14.7 Å². The lowest BCUT2D eigenvalue weighted by Crippen LogP contribution is -2.40. The van der Waals surface area contributed by atoms with E-state index in [1.54, 1.807) is 27.9 Å². The summed E-state index contributed by atoms with van der Waals surface area (Å²) in [6.45, 7) is 2.77. The van der Waals surface area contributed by atoms with E-state index in [0.29, 0.717) is 36.5 Å². The monoisotopic (exact) mass is 347 g/mol. The Bertz CT molecular complexity index is 762. The van der Waals surface area contributed by atoms with E-state index in [0.717, 1.165) is 11.4 Å². The van der Waals surface area contributed by atoms with Crippen LogP contribution in [-0.4, -0.2) is 44.8 Å². The SMILES string of the molecule is Cc1c(C(=O)N2CCC(C(=O)O)CC2)cnn1-c1ccc(Cl)cc1. The summed E-state index contributed by atoms with van der Waals surface area (Å²) in [5, 5.41) is 14.0.